The number of anilines is 2. The van der Waals surface area contributed by atoms with Crippen LogP contribution in [-0.4, -0.2) is 48.6 Å². The van der Waals surface area contributed by atoms with Gasteiger partial charge >= 0.3 is 5.97 Å². The second-order valence-electron chi connectivity index (χ2n) is 4.32. The van der Waals surface area contributed by atoms with Crippen molar-refractivity contribution in [2.75, 3.05) is 36.9 Å². The largest absolute Gasteiger partial charge is 0.478 e. The van der Waals surface area contributed by atoms with Crippen molar-refractivity contribution in [1.82, 2.24) is 0 Å². The minimum atomic E-state index is -1.36. The van der Waals surface area contributed by atoms with Gasteiger partial charge in [-0.3, -0.25) is 0 Å². The van der Waals surface area contributed by atoms with Gasteiger partial charge in [0.15, 0.2) is 0 Å². The predicted octanol–water partition coefficient (Wildman–Crippen LogP) is 0.304. The van der Waals surface area contributed by atoms with E-state index in [0.29, 0.717) is 25.4 Å². The van der Waals surface area contributed by atoms with E-state index in [2.05, 4.69) is 0 Å². The third-order valence-corrected chi connectivity index (χ3v) is 3.03. The normalized spacial score (nSPS) is 19.5. The first-order valence-corrected chi connectivity index (χ1v) is 5.82. The van der Waals surface area contributed by atoms with Crippen molar-refractivity contribution >= 4 is 17.3 Å². The highest BCUT2D eigenvalue weighted by atomic mass is 19.1. The summed E-state index contributed by atoms with van der Waals surface area (Å²) < 4.78 is 19.0. The lowest BCUT2D eigenvalue weighted by Gasteiger charge is -2.34. The number of nitrogens with zero attached hydrogens (tertiary/aromatic N) is 1. The van der Waals surface area contributed by atoms with Crippen LogP contribution in [0, 0.1) is 5.82 Å². The maximum absolute atomic E-state index is 13.7. The summed E-state index contributed by atoms with van der Waals surface area (Å²) >= 11 is 0. The Morgan fingerprint density at radius 3 is 2.95 bits per heavy atom. The number of nitrogen functional groups attached to an aromatic ring is 1. The van der Waals surface area contributed by atoms with Crippen LogP contribution in [0.2, 0.25) is 0 Å². The van der Waals surface area contributed by atoms with E-state index in [9.17, 15) is 9.18 Å². The standard InChI is InChI=1S/C12H15FN2O4/c13-9-4-11(10(14)3-8(9)12(17)18)15-1-2-19-7(5-15)6-16/h3-4,7,16H,1-2,5-6,14H2,(H,17,18). The number of aromatic carboxylic acids is 1. The minimum Gasteiger partial charge on any atom is -0.478 e. The van der Waals surface area contributed by atoms with Crippen molar-refractivity contribution in [3.05, 3.63) is 23.5 Å². The Labute approximate surface area is 109 Å². The monoisotopic (exact) mass is 270 g/mol. The van der Waals surface area contributed by atoms with E-state index in [1.54, 1.807) is 4.90 Å². The SMILES string of the molecule is Nc1cc(C(=O)O)c(F)cc1N1CCOC(CO)C1. The summed E-state index contributed by atoms with van der Waals surface area (Å²) in [5, 5.41) is 17.9. The van der Waals surface area contributed by atoms with Crippen molar-refractivity contribution in [2.45, 2.75) is 6.10 Å². The molecule has 19 heavy (non-hydrogen) atoms. The van der Waals surface area contributed by atoms with Gasteiger partial charge in [-0.1, -0.05) is 0 Å². The van der Waals surface area contributed by atoms with Gasteiger partial charge in [-0.25, -0.2) is 9.18 Å². The number of morpholine rings is 1. The Balaban J connectivity index is 2.30. The summed E-state index contributed by atoms with van der Waals surface area (Å²) in [6.07, 6.45) is -0.352. The minimum absolute atomic E-state index is 0.133. The number of carboxylic acid groups (broad SMARTS) is 1. The molecular formula is C12H15FN2O4. The van der Waals surface area contributed by atoms with E-state index >= 15 is 0 Å². The van der Waals surface area contributed by atoms with E-state index < -0.39 is 17.3 Å². The molecule has 0 bridgehead atoms. The molecule has 104 valence electrons. The van der Waals surface area contributed by atoms with Crippen molar-refractivity contribution in [3.8, 4) is 0 Å². The molecule has 0 radical (unpaired) electrons. The molecule has 7 heteroatoms. The Morgan fingerprint density at radius 1 is 1.58 bits per heavy atom. The maximum atomic E-state index is 13.7. The molecule has 0 spiro atoms. The highest BCUT2D eigenvalue weighted by Gasteiger charge is 2.23. The van der Waals surface area contributed by atoms with E-state index in [1.807, 2.05) is 0 Å². The molecule has 0 aliphatic carbocycles. The molecule has 1 aromatic carbocycles. The molecule has 4 N–H and O–H groups in total. The fourth-order valence-corrected chi connectivity index (χ4v) is 2.07. The Morgan fingerprint density at radius 2 is 2.32 bits per heavy atom. The predicted molar refractivity (Wildman–Crippen MR) is 66.8 cm³/mol. The summed E-state index contributed by atoms with van der Waals surface area (Å²) in [4.78, 5) is 12.6. The topological polar surface area (TPSA) is 96.0 Å². The number of nitrogens with two attached hydrogens (primary N) is 1. The van der Waals surface area contributed by atoms with Gasteiger partial charge in [0, 0.05) is 19.2 Å². The van der Waals surface area contributed by atoms with Gasteiger partial charge < -0.3 is 25.6 Å². The number of halogens is 1. The van der Waals surface area contributed by atoms with Crippen molar-refractivity contribution in [3.63, 3.8) is 0 Å². The quantitative estimate of drug-likeness (QED) is 0.684. The van der Waals surface area contributed by atoms with E-state index in [1.165, 1.54) is 0 Å². The molecular weight excluding hydrogens is 255 g/mol. The van der Waals surface area contributed by atoms with Gasteiger partial charge in [0.1, 0.15) is 5.82 Å². The summed E-state index contributed by atoms with van der Waals surface area (Å²) in [7, 11) is 0. The van der Waals surface area contributed by atoms with Crippen LogP contribution in [0.3, 0.4) is 0 Å². The van der Waals surface area contributed by atoms with Crippen LogP contribution in [0.25, 0.3) is 0 Å². The molecule has 1 saturated heterocycles. The number of ether oxygens (including phenoxy) is 1. The van der Waals surface area contributed by atoms with Gasteiger partial charge in [-0.2, -0.15) is 0 Å². The molecule has 0 amide bonds. The van der Waals surface area contributed by atoms with E-state index in [0.717, 1.165) is 12.1 Å². The first-order valence-electron chi connectivity index (χ1n) is 5.82. The van der Waals surface area contributed by atoms with Crippen LogP contribution in [0.1, 0.15) is 10.4 Å². The van der Waals surface area contributed by atoms with Crippen LogP contribution in [0.5, 0.6) is 0 Å². The zero-order valence-electron chi connectivity index (χ0n) is 10.2. The molecule has 2 rings (SSSR count). The van der Waals surface area contributed by atoms with Crippen molar-refractivity contribution in [2.24, 2.45) is 0 Å². The summed E-state index contributed by atoms with van der Waals surface area (Å²) in [6, 6.07) is 2.22. The van der Waals surface area contributed by atoms with Crippen LogP contribution < -0.4 is 10.6 Å². The highest BCUT2D eigenvalue weighted by molar-refractivity contribution is 5.91. The number of benzene rings is 1. The highest BCUT2D eigenvalue weighted by Crippen LogP contribution is 2.28. The Bertz CT molecular complexity index is 495. The molecule has 0 aromatic heterocycles. The molecule has 1 aliphatic heterocycles. The molecule has 1 aromatic rings. The molecule has 1 fully saturated rings. The van der Waals surface area contributed by atoms with Crippen molar-refractivity contribution in [1.29, 1.82) is 0 Å². The lowest BCUT2D eigenvalue weighted by Crippen LogP contribution is -2.44. The molecule has 6 nitrogen and oxygen atoms in total. The summed E-state index contributed by atoms with van der Waals surface area (Å²) in [5.41, 5.74) is 5.93. The summed E-state index contributed by atoms with van der Waals surface area (Å²) in [6.45, 7) is 1.15. The van der Waals surface area contributed by atoms with Gasteiger partial charge in [-0.15, -0.1) is 0 Å². The lowest BCUT2D eigenvalue weighted by atomic mass is 10.1. The fourth-order valence-electron chi connectivity index (χ4n) is 2.07. The lowest BCUT2D eigenvalue weighted by molar-refractivity contribution is 0.00359. The van der Waals surface area contributed by atoms with Crippen molar-refractivity contribution < 1.29 is 24.1 Å². The molecule has 1 unspecified atom stereocenters. The third-order valence-electron chi connectivity index (χ3n) is 3.03. The van der Waals surface area contributed by atoms with Crippen LogP contribution in [0.15, 0.2) is 12.1 Å². The third kappa shape index (κ3) is 2.77. The average molecular weight is 270 g/mol. The average Bonchev–Trinajstić information content (AvgIpc) is 2.40. The zero-order valence-corrected chi connectivity index (χ0v) is 10.2. The van der Waals surface area contributed by atoms with E-state index in [4.69, 9.17) is 20.7 Å². The fraction of sp³-hybridized carbons (Fsp3) is 0.417. The van der Waals surface area contributed by atoms with Crippen LogP contribution >= 0.6 is 0 Å². The smallest absolute Gasteiger partial charge is 0.338 e. The number of rotatable bonds is 3. The molecule has 1 atom stereocenters. The number of hydrogen-bond acceptors (Lipinski definition) is 5. The van der Waals surface area contributed by atoms with Gasteiger partial charge in [0.05, 0.1) is 36.3 Å². The Kier molecular flexibility index (Phi) is 3.87. The van der Waals surface area contributed by atoms with Crippen LogP contribution in [-0.2, 0) is 4.74 Å². The molecule has 1 heterocycles. The summed E-state index contributed by atoms with van der Waals surface area (Å²) in [5.74, 6) is -2.19. The zero-order chi connectivity index (χ0) is 14.0. The first kappa shape index (κ1) is 13.6. The van der Waals surface area contributed by atoms with Gasteiger partial charge in [0.25, 0.3) is 0 Å². The molecule has 1 aliphatic rings. The number of aliphatic hydroxyl groups excluding tert-OH is 1. The number of carboxylic acids is 1. The van der Waals surface area contributed by atoms with Gasteiger partial charge in [0.2, 0.25) is 0 Å². The second-order valence-corrected chi connectivity index (χ2v) is 4.32. The van der Waals surface area contributed by atoms with Gasteiger partial charge in [-0.05, 0) is 6.07 Å². The maximum Gasteiger partial charge on any atom is 0.338 e. The molecule has 0 saturated carbocycles. The number of carbonyl (C=O) groups is 1. The number of hydrogen-bond donors (Lipinski definition) is 3. The second kappa shape index (κ2) is 5.41. The Hall–Kier alpha value is -1.86. The first-order chi connectivity index (χ1) is 9.02. The van der Waals surface area contributed by atoms with Crippen LogP contribution in [0.4, 0.5) is 15.8 Å². The van der Waals surface area contributed by atoms with E-state index in [-0.39, 0.29) is 18.4 Å². The number of aliphatic hydroxyl groups is 1.